The predicted molar refractivity (Wildman–Crippen MR) is 109 cm³/mol. The van der Waals surface area contributed by atoms with E-state index >= 15 is 0 Å². The molecule has 0 saturated heterocycles. The number of amides is 1. The average molecular weight is 440 g/mol. The summed E-state index contributed by atoms with van der Waals surface area (Å²) in [7, 11) is 0. The van der Waals surface area contributed by atoms with Crippen LogP contribution in [-0.2, 0) is 6.18 Å². The van der Waals surface area contributed by atoms with Crippen molar-refractivity contribution in [2.75, 3.05) is 24.6 Å². The SMILES string of the molecule is C[C@@H]1CN(CC[C@H]2CC[C@](O)(CO)CC2)c2c(oc3ccc(C(F)(F)F)cc23)C(=O)N1. The second kappa shape index (κ2) is 8.02. The number of hydrogen-bond acceptors (Lipinski definition) is 5. The average Bonchev–Trinajstić information content (AvgIpc) is 3.05. The van der Waals surface area contributed by atoms with E-state index in [0.29, 0.717) is 37.5 Å². The molecule has 0 radical (unpaired) electrons. The zero-order valence-electron chi connectivity index (χ0n) is 17.3. The zero-order valence-corrected chi connectivity index (χ0v) is 17.3. The second-order valence-electron chi connectivity index (χ2n) is 8.92. The molecule has 0 bridgehead atoms. The Morgan fingerprint density at radius 1 is 1.29 bits per heavy atom. The first-order chi connectivity index (χ1) is 14.6. The molecule has 31 heavy (non-hydrogen) atoms. The number of fused-ring (bicyclic) bond motifs is 3. The van der Waals surface area contributed by atoms with Crippen molar-refractivity contribution < 1.29 is 32.6 Å². The first-order valence-electron chi connectivity index (χ1n) is 10.6. The van der Waals surface area contributed by atoms with Gasteiger partial charge in [0.2, 0.25) is 5.76 Å². The summed E-state index contributed by atoms with van der Waals surface area (Å²) >= 11 is 0. The molecule has 1 amide bonds. The van der Waals surface area contributed by atoms with Crippen LogP contribution >= 0.6 is 0 Å². The highest BCUT2D eigenvalue weighted by Crippen LogP contribution is 2.40. The molecule has 0 spiro atoms. The summed E-state index contributed by atoms with van der Waals surface area (Å²) in [5.74, 6) is -0.0567. The number of furan rings is 1. The van der Waals surface area contributed by atoms with Crippen LogP contribution in [0.5, 0.6) is 0 Å². The molecule has 0 unspecified atom stereocenters. The fourth-order valence-electron chi connectivity index (χ4n) is 4.69. The summed E-state index contributed by atoms with van der Waals surface area (Å²) in [6, 6.07) is 3.08. The van der Waals surface area contributed by atoms with Crippen molar-refractivity contribution in [1.82, 2.24) is 5.32 Å². The number of nitrogens with one attached hydrogen (secondary N) is 1. The van der Waals surface area contributed by atoms with Crippen LogP contribution in [0.25, 0.3) is 11.0 Å². The van der Waals surface area contributed by atoms with E-state index in [-0.39, 0.29) is 29.4 Å². The monoisotopic (exact) mass is 440 g/mol. The van der Waals surface area contributed by atoms with E-state index in [0.717, 1.165) is 31.4 Å². The van der Waals surface area contributed by atoms with Crippen LogP contribution in [0.1, 0.15) is 55.1 Å². The van der Waals surface area contributed by atoms with Crippen molar-refractivity contribution in [3.8, 4) is 0 Å². The normalized spacial score (nSPS) is 27.2. The number of anilines is 1. The minimum Gasteiger partial charge on any atom is -0.449 e. The van der Waals surface area contributed by atoms with Gasteiger partial charge in [-0.2, -0.15) is 13.2 Å². The van der Waals surface area contributed by atoms with Gasteiger partial charge in [-0.1, -0.05) is 0 Å². The van der Waals surface area contributed by atoms with Gasteiger partial charge in [0.25, 0.3) is 5.91 Å². The van der Waals surface area contributed by atoms with Gasteiger partial charge < -0.3 is 24.8 Å². The van der Waals surface area contributed by atoms with Crippen molar-refractivity contribution in [3.63, 3.8) is 0 Å². The smallest absolute Gasteiger partial charge is 0.416 e. The molecule has 3 N–H and O–H groups in total. The Bertz CT molecular complexity index is 964. The Labute approximate surface area is 178 Å². The molecule has 1 atom stereocenters. The van der Waals surface area contributed by atoms with Crippen molar-refractivity contribution in [3.05, 3.63) is 29.5 Å². The Hall–Kier alpha value is -2.26. The highest BCUT2D eigenvalue weighted by molar-refractivity contribution is 6.07. The first kappa shape index (κ1) is 22.0. The summed E-state index contributed by atoms with van der Waals surface area (Å²) in [5.41, 5.74) is -1.13. The van der Waals surface area contributed by atoms with E-state index in [4.69, 9.17) is 4.42 Å². The van der Waals surface area contributed by atoms with Crippen LogP contribution in [0.3, 0.4) is 0 Å². The molecule has 4 rings (SSSR count). The molecule has 2 aliphatic rings. The molecule has 1 aliphatic heterocycles. The number of carbonyl (C=O) groups is 1. The third kappa shape index (κ3) is 4.39. The maximum Gasteiger partial charge on any atom is 0.416 e. The van der Waals surface area contributed by atoms with Crippen LogP contribution in [0.15, 0.2) is 22.6 Å². The number of hydrogen-bond donors (Lipinski definition) is 3. The highest BCUT2D eigenvalue weighted by atomic mass is 19.4. The molecular weight excluding hydrogens is 413 g/mol. The minimum absolute atomic E-state index is 0.0389. The van der Waals surface area contributed by atoms with Gasteiger partial charge >= 0.3 is 6.18 Å². The van der Waals surface area contributed by atoms with E-state index in [9.17, 15) is 28.2 Å². The van der Waals surface area contributed by atoms with Crippen LogP contribution in [0.2, 0.25) is 0 Å². The number of benzene rings is 1. The number of rotatable bonds is 4. The van der Waals surface area contributed by atoms with Crippen molar-refractivity contribution in [2.45, 2.75) is 56.8 Å². The standard InChI is InChI=1S/C22H27F3N2O4/c1-13-11-27(9-6-14-4-7-21(30,12-28)8-5-14)18-16-10-15(22(23,24)25)2-3-17(16)31-19(18)20(29)26-13/h2-3,10,13-14,28,30H,4-9,11-12H2,1H3,(H,26,29)/t13-,14-,21+/m1/s1. The fourth-order valence-corrected chi connectivity index (χ4v) is 4.69. The molecular formula is C22H27F3N2O4. The summed E-state index contributed by atoms with van der Waals surface area (Å²) in [6.45, 7) is 2.61. The number of alkyl halides is 3. The Morgan fingerprint density at radius 2 is 2.00 bits per heavy atom. The number of halogens is 3. The van der Waals surface area contributed by atoms with Crippen molar-refractivity contribution >= 4 is 22.6 Å². The van der Waals surface area contributed by atoms with Gasteiger partial charge in [-0.3, -0.25) is 4.79 Å². The molecule has 2 aromatic rings. The highest BCUT2D eigenvalue weighted by Gasteiger charge is 2.36. The molecule has 1 saturated carbocycles. The summed E-state index contributed by atoms with van der Waals surface area (Å²) in [5, 5.41) is 22.7. The maximum absolute atomic E-state index is 13.3. The second-order valence-corrected chi connectivity index (χ2v) is 8.92. The van der Waals surface area contributed by atoms with Gasteiger partial charge in [0.1, 0.15) is 5.58 Å². The molecule has 1 aromatic heterocycles. The molecule has 170 valence electrons. The van der Waals surface area contributed by atoms with Crippen LogP contribution in [0, 0.1) is 5.92 Å². The minimum atomic E-state index is -4.49. The summed E-state index contributed by atoms with van der Waals surface area (Å²) < 4.78 is 45.6. The lowest BCUT2D eigenvalue weighted by molar-refractivity contribution is -0.137. The predicted octanol–water partition coefficient (Wildman–Crippen LogP) is 3.69. The summed E-state index contributed by atoms with van der Waals surface area (Å²) in [4.78, 5) is 14.6. The van der Waals surface area contributed by atoms with Gasteiger partial charge in [-0.15, -0.1) is 0 Å². The van der Waals surface area contributed by atoms with Gasteiger partial charge in [0, 0.05) is 24.5 Å². The Kier molecular flexibility index (Phi) is 5.68. The number of nitrogens with zero attached hydrogens (tertiary/aromatic N) is 1. The Balaban J connectivity index is 1.62. The lowest BCUT2D eigenvalue weighted by atomic mass is 9.78. The molecule has 9 heteroatoms. The maximum atomic E-state index is 13.3. The molecule has 1 aliphatic carbocycles. The zero-order chi connectivity index (χ0) is 22.4. The van der Waals surface area contributed by atoms with Crippen molar-refractivity contribution in [2.24, 2.45) is 5.92 Å². The molecule has 1 aromatic carbocycles. The fraction of sp³-hybridized carbons (Fsp3) is 0.591. The quantitative estimate of drug-likeness (QED) is 0.675. The number of aliphatic hydroxyl groups excluding tert-OH is 1. The lowest BCUT2D eigenvalue weighted by Crippen LogP contribution is -2.40. The largest absolute Gasteiger partial charge is 0.449 e. The van der Waals surface area contributed by atoms with E-state index in [1.165, 1.54) is 6.07 Å². The van der Waals surface area contributed by atoms with Gasteiger partial charge in [-0.25, -0.2) is 0 Å². The lowest BCUT2D eigenvalue weighted by Gasteiger charge is -2.35. The number of carbonyl (C=O) groups excluding carboxylic acids is 1. The topological polar surface area (TPSA) is 85.9 Å². The van der Waals surface area contributed by atoms with Gasteiger partial charge in [0.05, 0.1) is 23.5 Å². The van der Waals surface area contributed by atoms with E-state index < -0.39 is 23.2 Å². The van der Waals surface area contributed by atoms with E-state index in [2.05, 4.69) is 5.32 Å². The number of aliphatic hydroxyl groups is 2. The van der Waals surface area contributed by atoms with Gasteiger partial charge in [0.15, 0.2) is 0 Å². The van der Waals surface area contributed by atoms with Crippen molar-refractivity contribution in [1.29, 1.82) is 0 Å². The third-order valence-electron chi connectivity index (χ3n) is 6.52. The molecule has 2 heterocycles. The van der Waals surface area contributed by atoms with E-state index in [1.807, 2.05) is 11.8 Å². The van der Waals surface area contributed by atoms with Crippen LogP contribution < -0.4 is 10.2 Å². The first-order valence-corrected chi connectivity index (χ1v) is 10.6. The van der Waals surface area contributed by atoms with E-state index in [1.54, 1.807) is 0 Å². The van der Waals surface area contributed by atoms with Crippen LogP contribution in [-0.4, -0.2) is 47.5 Å². The summed E-state index contributed by atoms with van der Waals surface area (Å²) in [6.07, 6.45) is -1.12. The van der Waals surface area contributed by atoms with Crippen LogP contribution in [0.4, 0.5) is 18.9 Å². The molecule has 1 fully saturated rings. The Morgan fingerprint density at radius 3 is 2.65 bits per heavy atom. The molecule has 6 nitrogen and oxygen atoms in total. The van der Waals surface area contributed by atoms with Gasteiger partial charge in [-0.05, 0) is 63.1 Å². The third-order valence-corrected chi connectivity index (χ3v) is 6.52.